The predicted octanol–water partition coefficient (Wildman–Crippen LogP) is 4.36. The molecule has 3 aromatic rings. The van der Waals surface area contributed by atoms with E-state index in [9.17, 15) is 14.4 Å². The number of esters is 1. The number of amides is 1. The summed E-state index contributed by atoms with van der Waals surface area (Å²) in [6.07, 6.45) is 1.58. The Bertz CT molecular complexity index is 1160. The topological polar surface area (TPSA) is 94.8 Å². The second-order valence-corrected chi connectivity index (χ2v) is 8.33. The number of hydrogen-bond donors (Lipinski definition) is 1. The lowest BCUT2D eigenvalue weighted by Gasteiger charge is -2.18. The summed E-state index contributed by atoms with van der Waals surface area (Å²) in [5.41, 5.74) is 2.11. The summed E-state index contributed by atoms with van der Waals surface area (Å²) in [5, 5.41) is 3.15. The third kappa shape index (κ3) is 6.13. The van der Waals surface area contributed by atoms with Gasteiger partial charge in [0.1, 0.15) is 24.0 Å². The molecule has 0 spiro atoms. The molecule has 32 heavy (non-hydrogen) atoms. The second kappa shape index (κ2) is 10.9. The fraction of sp³-hybridized carbons (Fsp3) is 0.292. The molecule has 1 N–H and O–H groups in total. The maximum Gasteiger partial charge on any atom is 0.408 e. The molecular weight excluding hydrogens is 430 g/mol. The number of fused-ring (bicyclic) bond motifs is 1. The zero-order valence-electron chi connectivity index (χ0n) is 18.2. The summed E-state index contributed by atoms with van der Waals surface area (Å²) in [6, 6.07) is 13.1. The number of rotatable bonds is 8. The minimum absolute atomic E-state index is 0.0950. The molecule has 1 amide bonds. The first-order valence-corrected chi connectivity index (χ1v) is 11.5. The Morgan fingerprint density at radius 2 is 1.88 bits per heavy atom. The Morgan fingerprint density at radius 1 is 1.12 bits per heavy atom. The molecule has 0 saturated carbocycles. The van der Waals surface area contributed by atoms with Crippen molar-refractivity contribution in [2.45, 2.75) is 32.9 Å². The summed E-state index contributed by atoms with van der Waals surface area (Å²) in [5.74, 6) is 0.300. The predicted molar refractivity (Wildman–Crippen MR) is 124 cm³/mol. The molecule has 0 radical (unpaired) electrons. The highest BCUT2D eigenvalue weighted by Crippen LogP contribution is 2.30. The summed E-state index contributed by atoms with van der Waals surface area (Å²) in [4.78, 5) is 37.0. The quantitative estimate of drug-likeness (QED) is 0.306. The van der Waals surface area contributed by atoms with Gasteiger partial charge in [-0.3, -0.25) is 0 Å². The van der Waals surface area contributed by atoms with Crippen LogP contribution in [0.4, 0.5) is 4.79 Å². The number of benzene rings is 2. The van der Waals surface area contributed by atoms with Crippen molar-refractivity contribution >= 4 is 34.8 Å². The van der Waals surface area contributed by atoms with E-state index in [1.165, 1.54) is 6.07 Å². The molecule has 2 aromatic carbocycles. The highest BCUT2D eigenvalue weighted by molar-refractivity contribution is 7.98. The average molecular weight is 456 g/mol. The average Bonchev–Trinajstić information content (AvgIpc) is 2.75. The minimum Gasteiger partial charge on any atom is -0.445 e. The van der Waals surface area contributed by atoms with E-state index in [-0.39, 0.29) is 12.4 Å². The van der Waals surface area contributed by atoms with Crippen LogP contribution in [-0.2, 0) is 16.1 Å². The van der Waals surface area contributed by atoms with Crippen LogP contribution >= 0.6 is 11.8 Å². The van der Waals surface area contributed by atoms with Gasteiger partial charge in [0.05, 0.1) is 5.39 Å². The standard InChI is InChI=1S/C24H25NO6S/c1-15-11-19-22(16(2)13-21(26)30-19)20(12-15)31-23(27)18(9-10-32-3)25-24(28)29-14-17-7-5-4-6-8-17/h4-8,11-13,18H,9-10,14H2,1-3H3,(H,25,28)/t18-/m0/s1. The van der Waals surface area contributed by atoms with Crippen molar-refractivity contribution in [3.05, 3.63) is 75.6 Å². The van der Waals surface area contributed by atoms with Crippen molar-refractivity contribution in [1.82, 2.24) is 5.32 Å². The van der Waals surface area contributed by atoms with E-state index in [4.69, 9.17) is 13.9 Å². The maximum absolute atomic E-state index is 13.0. The highest BCUT2D eigenvalue weighted by Gasteiger charge is 2.25. The van der Waals surface area contributed by atoms with Crippen LogP contribution in [0.1, 0.15) is 23.1 Å². The largest absolute Gasteiger partial charge is 0.445 e. The number of carbonyl (C=O) groups is 2. The molecule has 0 unspecified atom stereocenters. The first-order chi connectivity index (χ1) is 15.4. The summed E-state index contributed by atoms with van der Waals surface area (Å²) in [7, 11) is 0. The molecule has 3 rings (SSSR count). The SMILES string of the molecule is CSCC[C@H](NC(=O)OCc1ccccc1)C(=O)Oc1cc(C)cc2oc(=O)cc(C)c12. The van der Waals surface area contributed by atoms with Crippen LogP contribution in [0.5, 0.6) is 5.75 Å². The van der Waals surface area contributed by atoms with Crippen molar-refractivity contribution < 1.29 is 23.5 Å². The van der Waals surface area contributed by atoms with Gasteiger partial charge in [-0.25, -0.2) is 14.4 Å². The molecule has 0 fully saturated rings. The number of thioether (sulfide) groups is 1. The van der Waals surface area contributed by atoms with E-state index in [0.717, 1.165) is 11.1 Å². The van der Waals surface area contributed by atoms with Crippen LogP contribution in [0.15, 0.2) is 57.7 Å². The molecule has 0 aliphatic carbocycles. The number of alkyl carbamates (subject to hydrolysis) is 1. The lowest BCUT2D eigenvalue weighted by molar-refractivity contribution is -0.136. The normalized spacial score (nSPS) is 11.7. The summed E-state index contributed by atoms with van der Waals surface area (Å²) in [6.45, 7) is 3.65. The van der Waals surface area contributed by atoms with Gasteiger partial charge in [-0.1, -0.05) is 30.3 Å². The third-order valence-corrected chi connectivity index (χ3v) is 5.40. The molecular formula is C24H25NO6S. The monoisotopic (exact) mass is 455 g/mol. The van der Waals surface area contributed by atoms with Gasteiger partial charge < -0.3 is 19.2 Å². The van der Waals surface area contributed by atoms with E-state index in [1.54, 1.807) is 30.8 Å². The van der Waals surface area contributed by atoms with Crippen molar-refractivity contribution in [2.24, 2.45) is 0 Å². The van der Waals surface area contributed by atoms with Gasteiger partial charge in [0.25, 0.3) is 0 Å². The zero-order chi connectivity index (χ0) is 23.1. The van der Waals surface area contributed by atoms with Crippen molar-refractivity contribution in [2.75, 3.05) is 12.0 Å². The van der Waals surface area contributed by atoms with Crippen molar-refractivity contribution in [3.8, 4) is 5.75 Å². The first kappa shape index (κ1) is 23.4. The van der Waals surface area contributed by atoms with E-state index in [1.807, 2.05) is 43.5 Å². The third-order valence-electron chi connectivity index (χ3n) is 4.76. The number of nitrogens with one attached hydrogen (secondary N) is 1. The molecule has 7 nitrogen and oxygen atoms in total. The molecule has 8 heteroatoms. The van der Waals surface area contributed by atoms with Crippen LogP contribution in [-0.4, -0.2) is 30.1 Å². The van der Waals surface area contributed by atoms with Crippen LogP contribution in [0.3, 0.4) is 0 Å². The lowest BCUT2D eigenvalue weighted by atomic mass is 10.1. The minimum atomic E-state index is -0.891. The van der Waals surface area contributed by atoms with Gasteiger partial charge in [-0.2, -0.15) is 11.8 Å². The van der Waals surface area contributed by atoms with Gasteiger partial charge in [0, 0.05) is 6.07 Å². The first-order valence-electron chi connectivity index (χ1n) is 10.1. The number of carbonyl (C=O) groups excluding carboxylic acids is 2. The molecule has 0 saturated heterocycles. The maximum atomic E-state index is 13.0. The Hall–Kier alpha value is -3.26. The molecule has 0 bridgehead atoms. The van der Waals surface area contributed by atoms with Crippen molar-refractivity contribution in [3.63, 3.8) is 0 Å². The summed E-state index contributed by atoms with van der Waals surface area (Å²) < 4.78 is 16.2. The van der Waals surface area contributed by atoms with Gasteiger partial charge in [-0.05, 0) is 61.1 Å². The van der Waals surface area contributed by atoms with Crippen LogP contribution < -0.4 is 15.7 Å². The molecule has 1 atom stereocenters. The summed E-state index contributed by atoms with van der Waals surface area (Å²) >= 11 is 1.55. The van der Waals surface area contributed by atoms with Gasteiger partial charge in [0.15, 0.2) is 0 Å². The van der Waals surface area contributed by atoms with Crippen molar-refractivity contribution in [1.29, 1.82) is 0 Å². The van der Waals surface area contributed by atoms with Gasteiger partial charge >= 0.3 is 17.7 Å². The molecule has 1 aromatic heterocycles. The van der Waals surface area contributed by atoms with E-state index < -0.39 is 23.7 Å². The van der Waals surface area contributed by atoms with E-state index in [2.05, 4.69) is 5.32 Å². The fourth-order valence-electron chi connectivity index (χ4n) is 3.23. The Kier molecular flexibility index (Phi) is 7.94. The lowest BCUT2D eigenvalue weighted by Crippen LogP contribution is -2.43. The second-order valence-electron chi connectivity index (χ2n) is 7.35. The molecule has 0 aliphatic rings. The van der Waals surface area contributed by atoms with E-state index >= 15 is 0 Å². The van der Waals surface area contributed by atoms with Crippen LogP contribution in [0.25, 0.3) is 11.0 Å². The van der Waals surface area contributed by atoms with Crippen LogP contribution in [0.2, 0.25) is 0 Å². The van der Waals surface area contributed by atoms with Crippen LogP contribution in [0, 0.1) is 13.8 Å². The van der Waals surface area contributed by atoms with Gasteiger partial charge in [-0.15, -0.1) is 0 Å². The zero-order valence-corrected chi connectivity index (χ0v) is 19.0. The Morgan fingerprint density at radius 3 is 2.59 bits per heavy atom. The van der Waals surface area contributed by atoms with Gasteiger partial charge in [0.2, 0.25) is 0 Å². The Balaban J connectivity index is 1.76. The molecule has 168 valence electrons. The fourth-order valence-corrected chi connectivity index (χ4v) is 3.70. The number of hydrogen-bond acceptors (Lipinski definition) is 7. The van der Waals surface area contributed by atoms with E-state index in [0.29, 0.717) is 28.7 Å². The smallest absolute Gasteiger partial charge is 0.408 e. The number of aryl methyl sites for hydroxylation is 2. The number of ether oxygens (including phenoxy) is 2. The highest BCUT2D eigenvalue weighted by atomic mass is 32.2. The Labute approximate surface area is 190 Å². The molecule has 1 heterocycles. The molecule has 0 aliphatic heterocycles.